The highest BCUT2D eigenvalue weighted by atomic mass is 16.6. The van der Waals surface area contributed by atoms with E-state index in [1.54, 1.807) is 20.8 Å². The van der Waals surface area contributed by atoms with Gasteiger partial charge in [0.15, 0.2) is 0 Å². The number of aromatic nitrogens is 1. The van der Waals surface area contributed by atoms with Gasteiger partial charge < -0.3 is 25.1 Å². The Labute approximate surface area is 252 Å². The fourth-order valence-electron chi connectivity index (χ4n) is 5.65. The molecule has 8 heteroatoms. The average Bonchev–Trinajstić information content (AvgIpc) is 3.52. The molecule has 1 aliphatic carbocycles. The first-order valence-corrected chi connectivity index (χ1v) is 14.7. The van der Waals surface area contributed by atoms with Crippen molar-refractivity contribution in [2.24, 2.45) is 5.92 Å². The number of nitrogens with one attached hydrogen (secondary N) is 3. The number of alkyl carbamates (subject to hydrolysis) is 1. The maximum absolute atomic E-state index is 13.6. The Morgan fingerprint density at radius 2 is 1.47 bits per heavy atom. The summed E-state index contributed by atoms with van der Waals surface area (Å²) in [5, 5.41) is 6.55. The van der Waals surface area contributed by atoms with E-state index in [9.17, 15) is 14.4 Å². The van der Waals surface area contributed by atoms with E-state index in [2.05, 4.69) is 39.9 Å². The van der Waals surface area contributed by atoms with Crippen molar-refractivity contribution in [1.29, 1.82) is 0 Å². The quantitative estimate of drug-likeness (QED) is 0.207. The number of amides is 2. The van der Waals surface area contributed by atoms with Crippen molar-refractivity contribution in [3.8, 4) is 11.1 Å². The molecule has 2 atom stereocenters. The molecule has 3 aromatic carbocycles. The summed E-state index contributed by atoms with van der Waals surface area (Å²) in [6.07, 6.45) is 1.37. The summed E-state index contributed by atoms with van der Waals surface area (Å²) in [5.74, 6) is -1.40. The van der Waals surface area contributed by atoms with Crippen molar-refractivity contribution in [2.75, 3.05) is 6.61 Å². The molecule has 5 rings (SSSR count). The lowest BCUT2D eigenvalue weighted by atomic mass is 9.98. The summed E-state index contributed by atoms with van der Waals surface area (Å²) in [5.41, 5.74) is 5.54. The molecular weight excluding hydrogens is 542 g/mol. The number of rotatable bonds is 9. The van der Waals surface area contributed by atoms with Gasteiger partial charge in [0.2, 0.25) is 5.91 Å². The molecule has 1 aromatic heterocycles. The molecule has 1 aliphatic rings. The molecule has 43 heavy (non-hydrogen) atoms. The topological polar surface area (TPSA) is 110 Å². The van der Waals surface area contributed by atoms with E-state index in [4.69, 9.17) is 9.47 Å². The summed E-state index contributed by atoms with van der Waals surface area (Å²) in [4.78, 5) is 43.1. The minimum atomic E-state index is -0.962. The maximum Gasteiger partial charge on any atom is 0.407 e. The van der Waals surface area contributed by atoms with E-state index in [1.165, 1.54) is 0 Å². The highest BCUT2D eigenvalue weighted by molar-refractivity contribution is 5.91. The SMILES string of the molecule is CC(C)[C@H](NC(=O)OCC1c2ccccc2-c2ccccc21)C(=O)N[C@@H](Cc1c[nH]c2ccccc12)C(=O)OC(C)(C)C. The van der Waals surface area contributed by atoms with Crippen molar-refractivity contribution >= 4 is 28.9 Å². The molecule has 3 N–H and O–H groups in total. The van der Waals surface area contributed by atoms with Crippen LogP contribution in [0.15, 0.2) is 79.0 Å². The Kier molecular flexibility index (Phi) is 8.57. The number of carbonyl (C=O) groups excluding carboxylic acids is 3. The normalized spacial score (nSPS) is 14.1. The smallest absolute Gasteiger partial charge is 0.407 e. The number of H-pyrrole nitrogens is 1. The Morgan fingerprint density at radius 1 is 0.860 bits per heavy atom. The van der Waals surface area contributed by atoms with Crippen molar-refractivity contribution in [2.45, 2.75) is 64.6 Å². The van der Waals surface area contributed by atoms with Gasteiger partial charge in [0, 0.05) is 29.4 Å². The van der Waals surface area contributed by atoms with Crippen LogP contribution in [-0.2, 0) is 25.5 Å². The minimum absolute atomic E-state index is 0.0998. The zero-order chi connectivity index (χ0) is 30.7. The van der Waals surface area contributed by atoms with Crippen LogP contribution in [0.3, 0.4) is 0 Å². The second-order valence-corrected chi connectivity index (χ2v) is 12.3. The first-order valence-electron chi connectivity index (χ1n) is 14.7. The minimum Gasteiger partial charge on any atom is -0.458 e. The van der Waals surface area contributed by atoms with Gasteiger partial charge in [-0.05, 0) is 60.6 Å². The standard InChI is InChI=1S/C35H39N3O5/c1-21(2)31(38-34(41)42-20-28-26-15-8-6-13-24(26)25-14-7-9-16-27(25)28)32(39)37-30(33(40)43-35(3,4)5)18-22-19-36-29-17-11-10-12-23(22)29/h6-17,19,21,28,30-31,36H,18,20H2,1-5H3,(H,37,39)(H,38,41)/t30-,31-/m0/s1. The number of hydrogen-bond donors (Lipinski definition) is 3. The first kappa shape index (κ1) is 29.9. The van der Waals surface area contributed by atoms with E-state index >= 15 is 0 Å². The summed E-state index contributed by atoms with van der Waals surface area (Å²) in [6.45, 7) is 9.14. The molecule has 0 aliphatic heterocycles. The van der Waals surface area contributed by atoms with Crippen LogP contribution < -0.4 is 10.6 Å². The van der Waals surface area contributed by atoms with Crippen LogP contribution in [0.1, 0.15) is 57.2 Å². The second-order valence-electron chi connectivity index (χ2n) is 12.3. The molecule has 1 heterocycles. The van der Waals surface area contributed by atoms with Gasteiger partial charge in [-0.2, -0.15) is 0 Å². The molecule has 0 spiro atoms. The Balaban J connectivity index is 1.28. The predicted molar refractivity (Wildman–Crippen MR) is 167 cm³/mol. The summed E-state index contributed by atoms with van der Waals surface area (Å²) in [6, 6.07) is 22.1. The highest BCUT2D eigenvalue weighted by Crippen LogP contribution is 2.44. The monoisotopic (exact) mass is 581 g/mol. The number of aromatic amines is 1. The third kappa shape index (κ3) is 6.74. The van der Waals surface area contributed by atoms with E-state index in [0.717, 1.165) is 38.7 Å². The lowest BCUT2D eigenvalue weighted by molar-refractivity contribution is -0.158. The van der Waals surface area contributed by atoms with Crippen molar-refractivity contribution < 1.29 is 23.9 Å². The van der Waals surface area contributed by atoms with Crippen LogP contribution in [0.4, 0.5) is 4.79 Å². The first-order chi connectivity index (χ1) is 20.5. The van der Waals surface area contributed by atoms with Crippen LogP contribution in [0.5, 0.6) is 0 Å². The Morgan fingerprint density at radius 3 is 2.09 bits per heavy atom. The number of hydrogen-bond acceptors (Lipinski definition) is 5. The average molecular weight is 582 g/mol. The fraction of sp³-hybridized carbons (Fsp3) is 0.343. The third-order valence-electron chi connectivity index (χ3n) is 7.67. The third-order valence-corrected chi connectivity index (χ3v) is 7.67. The highest BCUT2D eigenvalue weighted by Gasteiger charge is 2.33. The van der Waals surface area contributed by atoms with Crippen molar-refractivity contribution in [3.63, 3.8) is 0 Å². The van der Waals surface area contributed by atoms with Crippen LogP contribution in [0.2, 0.25) is 0 Å². The molecule has 2 amide bonds. The van der Waals surface area contributed by atoms with Gasteiger partial charge in [-0.25, -0.2) is 9.59 Å². The van der Waals surface area contributed by atoms with Crippen LogP contribution in [0, 0.1) is 5.92 Å². The van der Waals surface area contributed by atoms with E-state index < -0.39 is 35.7 Å². The Bertz CT molecular complexity index is 1590. The molecule has 224 valence electrons. The molecule has 8 nitrogen and oxygen atoms in total. The molecule has 0 unspecified atom stereocenters. The fourth-order valence-corrected chi connectivity index (χ4v) is 5.65. The summed E-state index contributed by atoms with van der Waals surface area (Å²) >= 11 is 0. The number of para-hydroxylation sites is 1. The van der Waals surface area contributed by atoms with E-state index in [-0.39, 0.29) is 24.9 Å². The maximum atomic E-state index is 13.6. The van der Waals surface area contributed by atoms with E-state index in [0.29, 0.717) is 0 Å². The van der Waals surface area contributed by atoms with Gasteiger partial charge >= 0.3 is 12.1 Å². The van der Waals surface area contributed by atoms with Crippen LogP contribution in [0.25, 0.3) is 22.0 Å². The number of ether oxygens (including phenoxy) is 2. The summed E-state index contributed by atoms with van der Waals surface area (Å²) < 4.78 is 11.4. The van der Waals surface area contributed by atoms with Gasteiger partial charge in [-0.3, -0.25) is 4.79 Å². The molecule has 4 aromatic rings. The number of benzene rings is 3. The molecular formula is C35H39N3O5. The van der Waals surface area contributed by atoms with Gasteiger partial charge in [0.1, 0.15) is 24.3 Å². The van der Waals surface area contributed by atoms with Gasteiger partial charge in [-0.1, -0.05) is 80.6 Å². The molecule has 0 saturated heterocycles. The molecule has 0 saturated carbocycles. The largest absolute Gasteiger partial charge is 0.458 e. The lowest BCUT2D eigenvalue weighted by Gasteiger charge is -2.27. The molecule has 0 radical (unpaired) electrons. The predicted octanol–water partition coefficient (Wildman–Crippen LogP) is 6.10. The zero-order valence-corrected chi connectivity index (χ0v) is 25.3. The number of fused-ring (bicyclic) bond motifs is 4. The van der Waals surface area contributed by atoms with Gasteiger partial charge in [0.25, 0.3) is 0 Å². The second kappa shape index (κ2) is 12.3. The molecule has 0 fully saturated rings. The van der Waals surface area contributed by atoms with Crippen LogP contribution in [-0.4, -0.2) is 47.2 Å². The van der Waals surface area contributed by atoms with Gasteiger partial charge in [-0.15, -0.1) is 0 Å². The number of esters is 1. The van der Waals surface area contributed by atoms with E-state index in [1.807, 2.05) is 68.6 Å². The van der Waals surface area contributed by atoms with Gasteiger partial charge in [0.05, 0.1) is 0 Å². The van der Waals surface area contributed by atoms with Crippen molar-refractivity contribution in [1.82, 2.24) is 15.6 Å². The zero-order valence-electron chi connectivity index (χ0n) is 25.3. The van der Waals surface area contributed by atoms with Crippen molar-refractivity contribution in [3.05, 3.63) is 95.7 Å². The van der Waals surface area contributed by atoms with Crippen LogP contribution >= 0.6 is 0 Å². The Hall–Kier alpha value is -4.59. The molecule has 0 bridgehead atoms. The number of carbonyl (C=O) groups is 3. The lowest BCUT2D eigenvalue weighted by Crippen LogP contribution is -2.55. The summed E-state index contributed by atoms with van der Waals surface area (Å²) in [7, 11) is 0.